The number of hydrogen-bond donors (Lipinski definition) is 0. The van der Waals surface area contributed by atoms with Gasteiger partial charge in [0.15, 0.2) is 0 Å². The smallest absolute Gasteiger partial charge is 0.135 e. The molecule has 0 radical (unpaired) electrons. The highest BCUT2D eigenvalue weighted by Crippen LogP contribution is 2.19. The third-order valence-electron chi connectivity index (χ3n) is 2.80. The molecular weight excluding hydrogens is 220 g/mol. The van der Waals surface area contributed by atoms with Gasteiger partial charge >= 0.3 is 0 Å². The Morgan fingerprint density at radius 3 is 2.17 bits per heavy atom. The van der Waals surface area contributed by atoms with E-state index in [0.29, 0.717) is 0 Å². The summed E-state index contributed by atoms with van der Waals surface area (Å²) in [4.78, 5) is 6.77. The fraction of sp³-hybridized carbons (Fsp3) is 0.562. The van der Waals surface area contributed by atoms with Crippen molar-refractivity contribution in [3.8, 4) is 0 Å². The largest absolute Gasteiger partial charge is 0.333 e. The molecule has 2 heteroatoms. The molecule has 0 atom stereocenters. The Hall–Kier alpha value is -1.31. The lowest BCUT2D eigenvalue weighted by Gasteiger charge is -2.23. The summed E-state index contributed by atoms with van der Waals surface area (Å²) >= 11 is 0. The van der Waals surface area contributed by atoms with E-state index in [0.717, 1.165) is 35.6 Å². The van der Waals surface area contributed by atoms with Gasteiger partial charge in [-0.3, -0.25) is 0 Å². The first-order valence-electron chi connectivity index (χ1n) is 6.71. The van der Waals surface area contributed by atoms with Crippen LogP contribution in [0.1, 0.15) is 53.9 Å². The fourth-order valence-corrected chi connectivity index (χ4v) is 1.58. The molecule has 0 N–H and O–H groups in total. The summed E-state index contributed by atoms with van der Waals surface area (Å²) in [5.74, 6) is 0.980. The van der Waals surface area contributed by atoms with E-state index in [2.05, 4.69) is 36.9 Å². The predicted molar refractivity (Wildman–Crippen MR) is 82.7 cm³/mol. The zero-order valence-electron chi connectivity index (χ0n) is 12.7. The predicted octanol–water partition coefficient (Wildman–Crippen LogP) is 4.91. The average Bonchev–Trinajstić information content (AvgIpc) is 2.31. The first kappa shape index (κ1) is 16.7. The normalized spacial score (nSPS) is 11.6. The Morgan fingerprint density at radius 1 is 1.17 bits per heavy atom. The fourth-order valence-electron chi connectivity index (χ4n) is 1.58. The zero-order chi connectivity index (χ0) is 14.1. The van der Waals surface area contributed by atoms with Gasteiger partial charge in [-0.15, -0.1) is 0 Å². The van der Waals surface area contributed by atoms with E-state index in [4.69, 9.17) is 0 Å². The van der Waals surface area contributed by atoms with Gasteiger partial charge in [-0.1, -0.05) is 38.5 Å². The van der Waals surface area contributed by atoms with Crippen LogP contribution in [-0.4, -0.2) is 17.2 Å². The molecule has 0 rings (SSSR count). The minimum absolute atomic E-state index is 0.966. The highest BCUT2D eigenvalue weighted by atomic mass is 15.2. The zero-order valence-corrected chi connectivity index (χ0v) is 12.7. The molecule has 18 heavy (non-hydrogen) atoms. The summed E-state index contributed by atoms with van der Waals surface area (Å²) < 4.78 is 0. The molecule has 0 bridgehead atoms. The number of nitrogens with zero attached hydrogens (tertiary/aromatic N) is 2. The number of rotatable bonds is 8. The summed E-state index contributed by atoms with van der Waals surface area (Å²) in [6.07, 6.45) is 5.48. The molecule has 0 saturated carbocycles. The minimum Gasteiger partial charge on any atom is -0.333 e. The van der Waals surface area contributed by atoms with Crippen molar-refractivity contribution >= 4 is 5.71 Å². The molecule has 0 heterocycles. The summed E-state index contributed by atoms with van der Waals surface area (Å²) in [5.41, 5.74) is 3.23. The van der Waals surface area contributed by atoms with Crippen LogP contribution in [0.25, 0.3) is 0 Å². The Morgan fingerprint density at radius 2 is 1.78 bits per heavy atom. The van der Waals surface area contributed by atoms with E-state index in [-0.39, 0.29) is 0 Å². The van der Waals surface area contributed by atoms with E-state index < -0.39 is 0 Å². The molecular formula is C16H28N2. The van der Waals surface area contributed by atoms with Crippen molar-refractivity contribution in [1.82, 2.24) is 4.90 Å². The van der Waals surface area contributed by atoms with Crippen LogP contribution in [0.5, 0.6) is 0 Å². The van der Waals surface area contributed by atoms with Gasteiger partial charge in [0.05, 0.1) is 0 Å². The highest BCUT2D eigenvalue weighted by molar-refractivity contribution is 5.80. The van der Waals surface area contributed by atoms with Gasteiger partial charge in [-0.05, 0) is 45.9 Å². The Labute approximate surface area is 113 Å². The molecule has 0 fully saturated rings. The highest BCUT2D eigenvalue weighted by Gasteiger charge is 2.09. The number of hydrogen-bond acceptors (Lipinski definition) is 2. The molecule has 0 aromatic rings. The third kappa shape index (κ3) is 5.85. The average molecular weight is 248 g/mol. The van der Waals surface area contributed by atoms with Crippen LogP contribution >= 0.6 is 0 Å². The molecule has 0 aliphatic rings. The second kappa shape index (κ2) is 8.73. The van der Waals surface area contributed by atoms with Crippen LogP contribution in [0, 0.1) is 0 Å². The van der Waals surface area contributed by atoms with Crippen LogP contribution in [0.15, 0.2) is 41.3 Å². The molecule has 0 saturated heterocycles. The first-order valence-corrected chi connectivity index (χ1v) is 6.71. The van der Waals surface area contributed by atoms with Crippen molar-refractivity contribution in [3.05, 3.63) is 36.3 Å². The SMILES string of the molecule is C=CN(CCCCC)/C(N=C(C)C)=C(\C)C(=C)C. The second-order valence-electron chi connectivity index (χ2n) is 4.87. The van der Waals surface area contributed by atoms with E-state index in [1.165, 1.54) is 12.8 Å². The Kier molecular flexibility index (Phi) is 8.10. The molecule has 2 nitrogen and oxygen atoms in total. The Bertz CT molecular complexity index is 344. The number of unbranched alkanes of at least 4 members (excludes halogenated alkanes) is 2. The van der Waals surface area contributed by atoms with Gasteiger partial charge in [-0.2, -0.15) is 0 Å². The first-order chi connectivity index (χ1) is 8.43. The minimum atomic E-state index is 0.966. The maximum Gasteiger partial charge on any atom is 0.135 e. The maximum atomic E-state index is 4.64. The van der Waals surface area contributed by atoms with Gasteiger partial charge in [0.25, 0.3) is 0 Å². The maximum absolute atomic E-state index is 4.64. The van der Waals surface area contributed by atoms with Crippen LogP contribution in [-0.2, 0) is 0 Å². The number of aliphatic imine (C=N–C) groups is 1. The quantitative estimate of drug-likeness (QED) is 0.338. The topological polar surface area (TPSA) is 15.6 Å². The van der Waals surface area contributed by atoms with E-state index in [1.807, 2.05) is 27.0 Å². The monoisotopic (exact) mass is 248 g/mol. The molecule has 0 aromatic carbocycles. The van der Waals surface area contributed by atoms with Gasteiger partial charge < -0.3 is 4.90 Å². The summed E-state index contributed by atoms with van der Waals surface area (Å²) in [7, 11) is 0. The van der Waals surface area contributed by atoms with Crippen molar-refractivity contribution in [2.24, 2.45) is 4.99 Å². The standard InChI is InChI=1S/C16H28N2/c1-8-10-11-12-18(9-2)16(17-14(5)6)15(7)13(3)4/h9H,2-3,8,10-12H2,1,4-7H3/b16-15+. The van der Waals surface area contributed by atoms with Gasteiger partial charge in [-0.25, -0.2) is 4.99 Å². The molecule has 0 unspecified atom stereocenters. The molecule has 0 aliphatic heterocycles. The summed E-state index contributed by atoms with van der Waals surface area (Å²) in [6, 6.07) is 0. The lowest BCUT2D eigenvalue weighted by atomic mass is 10.1. The number of allylic oxidation sites excluding steroid dienone is 2. The Balaban J connectivity index is 5.16. The summed E-state index contributed by atoms with van der Waals surface area (Å²) in [6.45, 7) is 19.2. The van der Waals surface area contributed by atoms with Crippen molar-refractivity contribution < 1.29 is 0 Å². The van der Waals surface area contributed by atoms with E-state index >= 15 is 0 Å². The van der Waals surface area contributed by atoms with Crippen molar-refractivity contribution in [3.63, 3.8) is 0 Å². The van der Waals surface area contributed by atoms with Crippen LogP contribution in [0.4, 0.5) is 0 Å². The van der Waals surface area contributed by atoms with Gasteiger partial charge in [0, 0.05) is 12.3 Å². The third-order valence-corrected chi connectivity index (χ3v) is 2.80. The van der Waals surface area contributed by atoms with Gasteiger partial charge in [0.2, 0.25) is 0 Å². The van der Waals surface area contributed by atoms with Gasteiger partial charge in [0.1, 0.15) is 5.82 Å². The van der Waals surface area contributed by atoms with Crippen molar-refractivity contribution in [1.29, 1.82) is 0 Å². The van der Waals surface area contributed by atoms with Crippen LogP contribution < -0.4 is 0 Å². The molecule has 0 aliphatic carbocycles. The van der Waals surface area contributed by atoms with Crippen molar-refractivity contribution in [2.75, 3.05) is 6.54 Å². The lowest BCUT2D eigenvalue weighted by Crippen LogP contribution is -2.19. The summed E-state index contributed by atoms with van der Waals surface area (Å²) in [5, 5.41) is 0. The molecule has 0 amide bonds. The molecule has 0 spiro atoms. The lowest BCUT2D eigenvalue weighted by molar-refractivity contribution is 0.435. The van der Waals surface area contributed by atoms with Crippen LogP contribution in [0.2, 0.25) is 0 Å². The molecule has 0 aromatic heterocycles. The van der Waals surface area contributed by atoms with E-state index in [9.17, 15) is 0 Å². The van der Waals surface area contributed by atoms with Crippen molar-refractivity contribution in [2.45, 2.75) is 53.9 Å². The van der Waals surface area contributed by atoms with Crippen LogP contribution in [0.3, 0.4) is 0 Å². The molecule has 102 valence electrons. The van der Waals surface area contributed by atoms with E-state index in [1.54, 1.807) is 0 Å². The second-order valence-corrected chi connectivity index (χ2v) is 4.87.